The number of esters is 1. The number of hydrogen-bond donors (Lipinski definition) is 1. The Bertz CT molecular complexity index is 180. The first-order chi connectivity index (χ1) is 4.99. The molecule has 64 valence electrons. The molecule has 0 aliphatic heterocycles. The Balaban J connectivity index is 4.59. The standard InChI is InChI=1S/C5H7FO5/c1-10-4(9)5(6,11-2)3(7)8/h1-2H3,(H,7,8). The third-order valence-electron chi connectivity index (χ3n) is 1.00. The lowest BCUT2D eigenvalue weighted by atomic mass is 10.3. The number of methoxy groups -OCH3 is 2. The smallest absolute Gasteiger partial charge is 0.404 e. The first-order valence-electron chi connectivity index (χ1n) is 2.55. The van der Waals surface area contributed by atoms with Crippen molar-refractivity contribution in [3.8, 4) is 0 Å². The Morgan fingerprint density at radius 2 is 1.91 bits per heavy atom. The molecule has 0 saturated heterocycles. The zero-order valence-electron chi connectivity index (χ0n) is 5.96. The second-order valence-corrected chi connectivity index (χ2v) is 1.60. The van der Waals surface area contributed by atoms with Gasteiger partial charge in [0, 0.05) is 7.11 Å². The van der Waals surface area contributed by atoms with E-state index in [1.165, 1.54) is 0 Å². The van der Waals surface area contributed by atoms with Crippen LogP contribution in [0.1, 0.15) is 0 Å². The number of carbonyl (C=O) groups excluding carboxylic acids is 1. The quantitative estimate of drug-likeness (QED) is 0.454. The number of alkyl halides is 1. The van der Waals surface area contributed by atoms with Crippen LogP contribution >= 0.6 is 0 Å². The summed E-state index contributed by atoms with van der Waals surface area (Å²) < 4.78 is 20.4. The van der Waals surface area contributed by atoms with E-state index in [0.717, 1.165) is 14.2 Å². The van der Waals surface area contributed by atoms with E-state index >= 15 is 0 Å². The minimum Gasteiger partial charge on any atom is -0.477 e. The van der Waals surface area contributed by atoms with Crippen molar-refractivity contribution in [1.82, 2.24) is 0 Å². The molecule has 0 aliphatic carbocycles. The third-order valence-corrected chi connectivity index (χ3v) is 1.00. The van der Waals surface area contributed by atoms with Crippen molar-refractivity contribution in [2.24, 2.45) is 0 Å². The number of rotatable bonds is 3. The van der Waals surface area contributed by atoms with E-state index in [0.29, 0.717) is 0 Å². The highest BCUT2D eigenvalue weighted by Gasteiger charge is 2.49. The maximum Gasteiger partial charge on any atom is 0.404 e. The van der Waals surface area contributed by atoms with Gasteiger partial charge in [0.25, 0.3) is 0 Å². The lowest BCUT2D eigenvalue weighted by molar-refractivity contribution is -0.205. The van der Waals surface area contributed by atoms with Crippen LogP contribution in [-0.2, 0) is 19.1 Å². The van der Waals surface area contributed by atoms with Crippen LogP contribution in [0.5, 0.6) is 0 Å². The number of aliphatic carboxylic acids is 1. The zero-order valence-corrected chi connectivity index (χ0v) is 5.96. The highest BCUT2D eigenvalue weighted by Crippen LogP contribution is 2.13. The highest BCUT2D eigenvalue weighted by atomic mass is 19.2. The van der Waals surface area contributed by atoms with E-state index in [4.69, 9.17) is 5.11 Å². The number of hydrogen-bond acceptors (Lipinski definition) is 4. The van der Waals surface area contributed by atoms with Gasteiger partial charge >= 0.3 is 17.8 Å². The van der Waals surface area contributed by atoms with E-state index < -0.39 is 17.8 Å². The molecule has 0 aromatic rings. The van der Waals surface area contributed by atoms with Crippen LogP contribution in [0.3, 0.4) is 0 Å². The molecule has 0 aliphatic rings. The van der Waals surface area contributed by atoms with Crippen LogP contribution in [0.15, 0.2) is 0 Å². The molecule has 0 saturated carbocycles. The van der Waals surface area contributed by atoms with Crippen molar-refractivity contribution in [3.05, 3.63) is 0 Å². The van der Waals surface area contributed by atoms with Gasteiger partial charge in [0.15, 0.2) is 0 Å². The summed E-state index contributed by atoms with van der Waals surface area (Å²) in [5.74, 6) is -7.02. The van der Waals surface area contributed by atoms with E-state index in [-0.39, 0.29) is 0 Å². The minimum absolute atomic E-state index is 0.755. The van der Waals surface area contributed by atoms with Crippen LogP contribution < -0.4 is 0 Å². The Hall–Kier alpha value is -1.17. The van der Waals surface area contributed by atoms with Crippen LogP contribution in [0.2, 0.25) is 0 Å². The normalized spacial score (nSPS) is 15.2. The molecule has 0 heterocycles. The number of carboxylic acid groups (broad SMARTS) is 1. The van der Waals surface area contributed by atoms with Crippen molar-refractivity contribution < 1.29 is 28.6 Å². The van der Waals surface area contributed by atoms with Crippen molar-refractivity contribution in [2.45, 2.75) is 5.85 Å². The summed E-state index contributed by atoms with van der Waals surface area (Å²) in [4.78, 5) is 20.5. The molecule has 1 unspecified atom stereocenters. The largest absolute Gasteiger partial charge is 0.477 e. The fourth-order valence-electron chi connectivity index (χ4n) is 0.389. The number of carboxylic acids is 1. The molecule has 11 heavy (non-hydrogen) atoms. The molecular weight excluding hydrogens is 159 g/mol. The molecule has 0 bridgehead atoms. The molecular formula is C5H7FO5. The molecule has 0 aromatic carbocycles. The topological polar surface area (TPSA) is 72.8 Å². The predicted molar refractivity (Wildman–Crippen MR) is 30.5 cm³/mol. The van der Waals surface area contributed by atoms with Crippen LogP contribution in [0.4, 0.5) is 4.39 Å². The average molecular weight is 166 g/mol. The maximum atomic E-state index is 12.7. The fraction of sp³-hybridized carbons (Fsp3) is 0.600. The summed E-state index contributed by atoms with van der Waals surface area (Å²) in [6.07, 6.45) is 0. The Morgan fingerprint density at radius 1 is 1.45 bits per heavy atom. The van der Waals surface area contributed by atoms with Crippen molar-refractivity contribution in [3.63, 3.8) is 0 Å². The van der Waals surface area contributed by atoms with Gasteiger partial charge in [-0.15, -0.1) is 0 Å². The van der Waals surface area contributed by atoms with E-state index in [1.54, 1.807) is 0 Å². The van der Waals surface area contributed by atoms with Gasteiger partial charge in [-0.3, -0.25) is 0 Å². The Kier molecular flexibility index (Phi) is 2.94. The van der Waals surface area contributed by atoms with Gasteiger partial charge in [-0.2, -0.15) is 4.39 Å². The summed E-state index contributed by atoms with van der Waals surface area (Å²) in [6, 6.07) is 0. The second-order valence-electron chi connectivity index (χ2n) is 1.60. The molecule has 1 N–H and O–H groups in total. The van der Waals surface area contributed by atoms with E-state index in [9.17, 15) is 14.0 Å². The van der Waals surface area contributed by atoms with Gasteiger partial charge in [0.2, 0.25) is 0 Å². The number of carbonyl (C=O) groups is 2. The summed E-state index contributed by atoms with van der Waals surface area (Å²) in [5.41, 5.74) is 0. The van der Waals surface area contributed by atoms with Crippen molar-refractivity contribution in [2.75, 3.05) is 14.2 Å². The van der Waals surface area contributed by atoms with Crippen LogP contribution in [0.25, 0.3) is 0 Å². The fourth-order valence-corrected chi connectivity index (χ4v) is 0.389. The van der Waals surface area contributed by atoms with Gasteiger partial charge in [0.05, 0.1) is 7.11 Å². The molecule has 0 spiro atoms. The van der Waals surface area contributed by atoms with Crippen molar-refractivity contribution in [1.29, 1.82) is 0 Å². The van der Waals surface area contributed by atoms with E-state index in [1.807, 2.05) is 0 Å². The highest BCUT2D eigenvalue weighted by molar-refractivity contribution is 6.00. The van der Waals surface area contributed by atoms with Gasteiger partial charge in [-0.05, 0) is 0 Å². The SMILES string of the molecule is COC(=O)C(F)(OC)C(=O)O. The summed E-state index contributed by atoms with van der Waals surface area (Å²) >= 11 is 0. The molecule has 0 aromatic heterocycles. The first-order valence-corrected chi connectivity index (χ1v) is 2.55. The van der Waals surface area contributed by atoms with E-state index in [2.05, 4.69) is 9.47 Å². The molecule has 1 atom stereocenters. The molecule has 0 amide bonds. The van der Waals surface area contributed by atoms with Gasteiger partial charge in [0.1, 0.15) is 0 Å². The summed E-state index contributed by atoms with van der Waals surface area (Å²) in [6.45, 7) is 0. The van der Waals surface area contributed by atoms with Gasteiger partial charge in [-0.25, -0.2) is 9.59 Å². The minimum atomic E-state index is -3.39. The lowest BCUT2D eigenvalue weighted by Crippen LogP contribution is -2.44. The van der Waals surface area contributed by atoms with Gasteiger partial charge in [-0.1, -0.05) is 0 Å². The lowest BCUT2D eigenvalue weighted by Gasteiger charge is -2.14. The predicted octanol–water partition coefficient (Wildman–Crippen LogP) is -0.444. The summed E-state index contributed by atoms with van der Waals surface area (Å²) in [5, 5.41) is 8.13. The Morgan fingerprint density at radius 3 is 2.00 bits per heavy atom. The summed E-state index contributed by atoms with van der Waals surface area (Å²) in [7, 11) is 1.61. The van der Waals surface area contributed by atoms with Crippen LogP contribution in [-0.4, -0.2) is 37.1 Å². The number of ether oxygens (including phenoxy) is 2. The molecule has 5 nitrogen and oxygen atoms in total. The van der Waals surface area contributed by atoms with Gasteiger partial charge < -0.3 is 14.6 Å². The maximum absolute atomic E-state index is 12.7. The monoisotopic (exact) mass is 166 g/mol. The van der Waals surface area contributed by atoms with Crippen LogP contribution in [0, 0.1) is 0 Å². The number of halogens is 1. The average Bonchev–Trinajstić information content (AvgIpc) is 2.01. The Labute approximate surface area is 61.7 Å². The first kappa shape index (κ1) is 9.83. The third kappa shape index (κ3) is 1.64. The molecule has 0 radical (unpaired) electrons. The van der Waals surface area contributed by atoms with Crippen molar-refractivity contribution >= 4 is 11.9 Å². The second kappa shape index (κ2) is 3.29. The molecule has 0 fully saturated rings. The molecule has 6 heteroatoms. The zero-order chi connectivity index (χ0) is 9.07. The molecule has 0 rings (SSSR count).